The number of carbonyl (C=O) groups excluding carboxylic acids is 1. The highest BCUT2D eigenvalue weighted by molar-refractivity contribution is 5.68. The van der Waals surface area contributed by atoms with E-state index in [-0.39, 0.29) is 12.2 Å². The summed E-state index contributed by atoms with van der Waals surface area (Å²) in [4.78, 5) is 21.4. The van der Waals surface area contributed by atoms with Crippen LogP contribution in [-0.2, 0) is 4.74 Å². The van der Waals surface area contributed by atoms with Crippen molar-refractivity contribution in [3.05, 3.63) is 18.6 Å². The third-order valence-electron chi connectivity index (χ3n) is 2.64. The second-order valence-electron chi connectivity index (χ2n) is 5.50. The SMILES string of the molecule is CC(C)(C)OC(=O)N1CCC(Oc2ccncn2)C1. The van der Waals surface area contributed by atoms with Crippen molar-refractivity contribution in [2.75, 3.05) is 13.1 Å². The van der Waals surface area contributed by atoms with Crippen LogP contribution in [0.2, 0.25) is 0 Å². The molecule has 0 spiro atoms. The Morgan fingerprint density at radius 2 is 2.26 bits per heavy atom. The molecule has 6 nitrogen and oxygen atoms in total. The van der Waals surface area contributed by atoms with Crippen molar-refractivity contribution in [1.29, 1.82) is 0 Å². The maximum atomic E-state index is 11.9. The third-order valence-corrected chi connectivity index (χ3v) is 2.64. The van der Waals surface area contributed by atoms with Crippen LogP contribution in [0.15, 0.2) is 18.6 Å². The third kappa shape index (κ3) is 4.08. The maximum absolute atomic E-state index is 11.9. The first-order valence-electron chi connectivity index (χ1n) is 6.34. The van der Waals surface area contributed by atoms with Gasteiger partial charge in [-0.3, -0.25) is 0 Å². The molecule has 1 atom stereocenters. The molecule has 1 aromatic rings. The summed E-state index contributed by atoms with van der Waals surface area (Å²) in [6, 6.07) is 1.70. The van der Waals surface area contributed by atoms with Gasteiger partial charge in [-0.1, -0.05) is 0 Å². The molecule has 1 unspecified atom stereocenters. The Morgan fingerprint density at radius 3 is 2.89 bits per heavy atom. The van der Waals surface area contributed by atoms with Crippen molar-refractivity contribution < 1.29 is 14.3 Å². The van der Waals surface area contributed by atoms with Crippen LogP contribution in [0.3, 0.4) is 0 Å². The molecular formula is C13H19N3O3. The average molecular weight is 265 g/mol. The van der Waals surface area contributed by atoms with E-state index >= 15 is 0 Å². The number of rotatable bonds is 2. The molecule has 1 aliphatic heterocycles. The largest absolute Gasteiger partial charge is 0.472 e. The molecule has 1 saturated heterocycles. The number of ether oxygens (including phenoxy) is 2. The summed E-state index contributed by atoms with van der Waals surface area (Å²) in [5.41, 5.74) is -0.470. The minimum Gasteiger partial charge on any atom is -0.472 e. The lowest BCUT2D eigenvalue weighted by Crippen LogP contribution is -2.36. The Hall–Kier alpha value is -1.85. The number of likely N-dealkylation sites (tertiary alicyclic amines) is 1. The fraction of sp³-hybridized carbons (Fsp3) is 0.615. The van der Waals surface area contributed by atoms with E-state index in [1.54, 1.807) is 17.2 Å². The van der Waals surface area contributed by atoms with Crippen molar-refractivity contribution >= 4 is 6.09 Å². The van der Waals surface area contributed by atoms with Crippen LogP contribution in [0.5, 0.6) is 5.88 Å². The fourth-order valence-corrected chi connectivity index (χ4v) is 1.84. The summed E-state index contributed by atoms with van der Waals surface area (Å²) in [7, 11) is 0. The normalized spacial score (nSPS) is 19.3. The molecule has 0 bridgehead atoms. The van der Waals surface area contributed by atoms with E-state index in [4.69, 9.17) is 9.47 Å². The molecule has 0 saturated carbocycles. The molecule has 6 heteroatoms. The van der Waals surface area contributed by atoms with Crippen molar-refractivity contribution in [2.45, 2.75) is 38.9 Å². The Labute approximate surface area is 112 Å². The molecule has 1 aliphatic rings. The molecular weight excluding hydrogens is 246 g/mol. The summed E-state index contributed by atoms with van der Waals surface area (Å²) in [6.45, 7) is 6.74. The standard InChI is InChI=1S/C13H19N3O3/c1-13(2,3)19-12(17)16-7-5-10(8-16)18-11-4-6-14-9-15-11/h4,6,9-10H,5,7-8H2,1-3H3. The van der Waals surface area contributed by atoms with Crippen molar-refractivity contribution in [3.8, 4) is 5.88 Å². The predicted molar refractivity (Wildman–Crippen MR) is 68.9 cm³/mol. The van der Waals surface area contributed by atoms with Gasteiger partial charge in [-0.2, -0.15) is 0 Å². The Balaban J connectivity index is 1.85. The lowest BCUT2D eigenvalue weighted by Gasteiger charge is -2.24. The van der Waals surface area contributed by atoms with Crippen molar-refractivity contribution in [3.63, 3.8) is 0 Å². The quantitative estimate of drug-likeness (QED) is 0.816. The molecule has 0 aliphatic carbocycles. The lowest BCUT2D eigenvalue weighted by atomic mass is 10.2. The molecule has 0 N–H and O–H groups in total. The number of aromatic nitrogens is 2. The van der Waals surface area contributed by atoms with Gasteiger partial charge in [0.1, 0.15) is 18.0 Å². The van der Waals surface area contributed by atoms with Gasteiger partial charge in [0.2, 0.25) is 5.88 Å². The second kappa shape index (κ2) is 5.42. The zero-order valence-corrected chi connectivity index (χ0v) is 11.5. The van der Waals surface area contributed by atoms with Crippen LogP contribution in [0, 0.1) is 0 Å². The van der Waals surface area contributed by atoms with Gasteiger partial charge in [-0.25, -0.2) is 14.8 Å². The highest BCUT2D eigenvalue weighted by Gasteiger charge is 2.30. The van der Waals surface area contributed by atoms with Gasteiger partial charge in [0.25, 0.3) is 0 Å². The first kappa shape index (κ1) is 13.6. The van der Waals surface area contributed by atoms with Crippen LogP contribution < -0.4 is 4.74 Å². The van der Waals surface area contributed by atoms with E-state index in [1.807, 2.05) is 20.8 Å². The van der Waals surface area contributed by atoms with Crippen LogP contribution in [0.25, 0.3) is 0 Å². The predicted octanol–water partition coefficient (Wildman–Crippen LogP) is 1.86. The van der Waals surface area contributed by atoms with Gasteiger partial charge in [-0.15, -0.1) is 0 Å². The number of carbonyl (C=O) groups is 1. The van der Waals surface area contributed by atoms with Gasteiger partial charge in [0, 0.05) is 25.2 Å². The smallest absolute Gasteiger partial charge is 0.410 e. The topological polar surface area (TPSA) is 64.5 Å². The molecule has 1 fully saturated rings. The van der Waals surface area contributed by atoms with Crippen LogP contribution in [0.1, 0.15) is 27.2 Å². The average Bonchev–Trinajstić information content (AvgIpc) is 2.77. The zero-order chi connectivity index (χ0) is 13.9. The Bertz CT molecular complexity index is 431. The van der Waals surface area contributed by atoms with Crippen LogP contribution in [0.4, 0.5) is 4.79 Å². The molecule has 0 radical (unpaired) electrons. The van der Waals surface area contributed by atoms with E-state index in [2.05, 4.69) is 9.97 Å². The van der Waals surface area contributed by atoms with Gasteiger partial charge >= 0.3 is 6.09 Å². The van der Waals surface area contributed by atoms with E-state index < -0.39 is 5.60 Å². The van der Waals surface area contributed by atoms with E-state index in [0.29, 0.717) is 19.0 Å². The first-order chi connectivity index (χ1) is 8.94. The van der Waals surface area contributed by atoms with Gasteiger partial charge in [0.15, 0.2) is 0 Å². The molecule has 0 aromatic carbocycles. The van der Waals surface area contributed by atoms with Crippen molar-refractivity contribution in [1.82, 2.24) is 14.9 Å². The van der Waals surface area contributed by atoms with Gasteiger partial charge in [-0.05, 0) is 20.8 Å². The number of amides is 1. The summed E-state index contributed by atoms with van der Waals surface area (Å²) >= 11 is 0. The highest BCUT2D eigenvalue weighted by Crippen LogP contribution is 2.18. The summed E-state index contributed by atoms with van der Waals surface area (Å²) in [5, 5.41) is 0. The Morgan fingerprint density at radius 1 is 1.47 bits per heavy atom. The minimum atomic E-state index is -0.470. The van der Waals surface area contributed by atoms with Crippen LogP contribution in [-0.4, -0.2) is 45.8 Å². The summed E-state index contributed by atoms with van der Waals surface area (Å²) < 4.78 is 11.0. The second-order valence-corrected chi connectivity index (χ2v) is 5.50. The number of hydrogen-bond acceptors (Lipinski definition) is 5. The monoisotopic (exact) mass is 265 g/mol. The van der Waals surface area contributed by atoms with Crippen LogP contribution >= 0.6 is 0 Å². The van der Waals surface area contributed by atoms with E-state index in [1.165, 1.54) is 6.33 Å². The van der Waals surface area contributed by atoms with E-state index in [0.717, 1.165) is 6.42 Å². The highest BCUT2D eigenvalue weighted by atomic mass is 16.6. The van der Waals surface area contributed by atoms with Gasteiger partial charge < -0.3 is 14.4 Å². The summed E-state index contributed by atoms with van der Waals surface area (Å²) in [6.07, 6.45) is 3.52. The van der Waals surface area contributed by atoms with Gasteiger partial charge in [0.05, 0.1) is 6.54 Å². The lowest BCUT2D eigenvalue weighted by molar-refractivity contribution is 0.0275. The maximum Gasteiger partial charge on any atom is 0.410 e. The molecule has 1 aromatic heterocycles. The number of hydrogen-bond donors (Lipinski definition) is 0. The zero-order valence-electron chi connectivity index (χ0n) is 11.5. The molecule has 1 amide bonds. The first-order valence-corrected chi connectivity index (χ1v) is 6.34. The van der Waals surface area contributed by atoms with Crippen molar-refractivity contribution in [2.24, 2.45) is 0 Å². The molecule has 2 heterocycles. The fourth-order valence-electron chi connectivity index (χ4n) is 1.84. The number of nitrogens with zero attached hydrogens (tertiary/aromatic N) is 3. The molecule has 104 valence electrons. The minimum absolute atomic E-state index is 0.0394. The summed E-state index contributed by atoms with van der Waals surface area (Å²) in [5.74, 6) is 0.533. The molecule has 19 heavy (non-hydrogen) atoms. The van der Waals surface area contributed by atoms with E-state index in [9.17, 15) is 4.79 Å². The Kier molecular flexibility index (Phi) is 3.87. The molecule has 2 rings (SSSR count).